The van der Waals surface area contributed by atoms with E-state index in [4.69, 9.17) is 0 Å². The van der Waals surface area contributed by atoms with Crippen molar-refractivity contribution in [1.82, 2.24) is 10.2 Å². The van der Waals surface area contributed by atoms with Gasteiger partial charge in [-0.15, -0.1) is 0 Å². The van der Waals surface area contributed by atoms with E-state index in [9.17, 15) is 4.79 Å². The number of carbonyl (C=O) groups excluding carboxylic acids is 1. The fourth-order valence-electron chi connectivity index (χ4n) is 2.70. The average Bonchev–Trinajstić information content (AvgIpc) is 2.92. The van der Waals surface area contributed by atoms with Crippen LogP contribution in [0.15, 0.2) is 24.3 Å². The molecule has 0 saturated heterocycles. The van der Waals surface area contributed by atoms with Crippen LogP contribution in [0.25, 0.3) is 0 Å². The van der Waals surface area contributed by atoms with E-state index < -0.39 is 0 Å². The van der Waals surface area contributed by atoms with Crippen LogP contribution < -0.4 is 10.2 Å². The van der Waals surface area contributed by atoms with Gasteiger partial charge in [0.15, 0.2) is 5.69 Å². The molecule has 0 fully saturated rings. The van der Waals surface area contributed by atoms with Crippen LogP contribution >= 0.6 is 0 Å². The summed E-state index contributed by atoms with van der Waals surface area (Å²) in [6.07, 6.45) is 4.23. The van der Waals surface area contributed by atoms with Gasteiger partial charge in [0.05, 0.1) is 0 Å². The van der Waals surface area contributed by atoms with Crippen LogP contribution in [0.2, 0.25) is 0 Å². The van der Waals surface area contributed by atoms with Gasteiger partial charge in [-0.05, 0) is 49.9 Å². The lowest BCUT2D eigenvalue weighted by Crippen LogP contribution is -2.16. The number of hydrogen-bond acceptors (Lipinski definition) is 3. The molecule has 1 heterocycles. The highest BCUT2D eigenvalue weighted by molar-refractivity contribution is 6.04. The van der Waals surface area contributed by atoms with Crippen molar-refractivity contribution in [1.29, 1.82) is 0 Å². The molecule has 0 bridgehead atoms. The third kappa shape index (κ3) is 2.77. The number of carbonyl (C=O) groups is 1. The third-order valence-corrected chi connectivity index (χ3v) is 3.91. The Labute approximate surface area is 124 Å². The van der Waals surface area contributed by atoms with Crippen molar-refractivity contribution in [3.63, 3.8) is 0 Å². The van der Waals surface area contributed by atoms with E-state index in [0.29, 0.717) is 5.69 Å². The van der Waals surface area contributed by atoms with Gasteiger partial charge >= 0.3 is 0 Å². The fourth-order valence-corrected chi connectivity index (χ4v) is 2.70. The first-order chi connectivity index (χ1) is 10.1. The maximum absolute atomic E-state index is 12.4. The van der Waals surface area contributed by atoms with E-state index in [1.165, 1.54) is 6.42 Å². The molecule has 1 aliphatic rings. The Morgan fingerprint density at radius 1 is 1.19 bits per heavy atom. The number of nitrogens with one attached hydrogen (secondary N) is 2. The second kappa shape index (κ2) is 5.60. The van der Waals surface area contributed by atoms with Crippen LogP contribution in [0.5, 0.6) is 0 Å². The summed E-state index contributed by atoms with van der Waals surface area (Å²) < 4.78 is 0. The van der Waals surface area contributed by atoms with Crippen molar-refractivity contribution in [2.24, 2.45) is 0 Å². The van der Waals surface area contributed by atoms with Gasteiger partial charge in [-0.2, -0.15) is 5.10 Å². The first kappa shape index (κ1) is 13.7. The Kier molecular flexibility index (Phi) is 3.64. The number of hydrogen-bond donors (Lipinski definition) is 2. The number of aromatic nitrogens is 2. The van der Waals surface area contributed by atoms with Crippen LogP contribution in [0.3, 0.4) is 0 Å². The van der Waals surface area contributed by atoms with Crippen LogP contribution in [0.1, 0.15) is 34.6 Å². The maximum Gasteiger partial charge on any atom is 0.276 e. The van der Waals surface area contributed by atoms with Gasteiger partial charge in [-0.1, -0.05) is 0 Å². The predicted octanol–water partition coefficient (Wildman–Crippen LogP) is 2.61. The quantitative estimate of drug-likeness (QED) is 0.910. The maximum atomic E-state index is 12.4. The summed E-state index contributed by atoms with van der Waals surface area (Å²) in [5, 5.41) is 10.1. The summed E-state index contributed by atoms with van der Waals surface area (Å²) in [6.45, 7) is 0. The summed E-state index contributed by atoms with van der Waals surface area (Å²) in [6, 6.07) is 7.78. The molecule has 2 aromatic rings. The molecule has 1 aromatic carbocycles. The predicted molar refractivity (Wildman–Crippen MR) is 84.0 cm³/mol. The number of anilines is 2. The summed E-state index contributed by atoms with van der Waals surface area (Å²) in [5.74, 6) is -0.132. The Hall–Kier alpha value is -2.30. The minimum atomic E-state index is -0.132. The molecule has 2 N–H and O–H groups in total. The lowest BCUT2D eigenvalue weighted by molar-refractivity contribution is 0.102. The molecular formula is C16H20N4O. The number of rotatable bonds is 3. The van der Waals surface area contributed by atoms with Gasteiger partial charge in [0.2, 0.25) is 0 Å². The molecule has 0 aliphatic heterocycles. The third-order valence-electron chi connectivity index (χ3n) is 3.91. The van der Waals surface area contributed by atoms with Gasteiger partial charge in [-0.3, -0.25) is 9.89 Å². The van der Waals surface area contributed by atoms with Crippen molar-refractivity contribution in [2.45, 2.75) is 25.7 Å². The number of H-pyrrole nitrogens is 1. The zero-order valence-electron chi connectivity index (χ0n) is 12.4. The number of aryl methyl sites for hydroxylation is 1. The average molecular weight is 284 g/mol. The van der Waals surface area contributed by atoms with Crippen LogP contribution in [0, 0.1) is 0 Å². The van der Waals surface area contributed by atoms with E-state index in [1.54, 1.807) is 0 Å². The SMILES string of the molecule is CN(C)c1ccc(NC(=O)c2n[nH]c3c2CCCC3)cc1. The first-order valence-electron chi connectivity index (χ1n) is 7.30. The Morgan fingerprint density at radius 2 is 1.90 bits per heavy atom. The van der Waals surface area contributed by atoms with Crippen molar-refractivity contribution in [3.8, 4) is 0 Å². The summed E-state index contributed by atoms with van der Waals surface area (Å²) in [7, 11) is 3.98. The molecule has 1 aromatic heterocycles. The molecule has 1 amide bonds. The van der Waals surface area contributed by atoms with Gasteiger partial charge in [0.1, 0.15) is 0 Å². The molecule has 0 spiro atoms. The molecule has 5 nitrogen and oxygen atoms in total. The highest BCUT2D eigenvalue weighted by Gasteiger charge is 2.21. The lowest BCUT2D eigenvalue weighted by atomic mass is 9.96. The zero-order valence-corrected chi connectivity index (χ0v) is 12.4. The van der Waals surface area contributed by atoms with Crippen LogP contribution in [0.4, 0.5) is 11.4 Å². The second-order valence-corrected chi connectivity index (χ2v) is 5.63. The molecule has 0 radical (unpaired) electrons. The highest BCUT2D eigenvalue weighted by atomic mass is 16.1. The standard InChI is InChI=1S/C16H20N4O/c1-20(2)12-9-7-11(8-10-12)17-16(21)15-13-5-3-4-6-14(13)18-19-15/h7-10H,3-6H2,1-2H3,(H,17,21)(H,18,19). The zero-order chi connectivity index (χ0) is 14.8. The van der Waals surface area contributed by atoms with Crippen molar-refractivity contribution in [3.05, 3.63) is 41.2 Å². The fraction of sp³-hybridized carbons (Fsp3) is 0.375. The summed E-state index contributed by atoms with van der Waals surface area (Å²) >= 11 is 0. The summed E-state index contributed by atoms with van der Waals surface area (Å²) in [5.41, 5.74) is 4.64. The monoisotopic (exact) mass is 284 g/mol. The van der Waals surface area contributed by atoms with E-state index in [-0.39, 0.29) is 5.91 Å². The number of aromatic amines is 1. The Balaban J connectivity index is 1.75. The summed E-state index contributed by atoms with van der Waals surface area (Å²) in [4.78, 5) is 14.4. The van der Waals surface area contributed by atoms with E-state index >= 15 is 0 Å². The molecule has 3 rings (SSSR count). The van der Waals surface area contributed by atoms with Crippen molar-refractivity contribution < 1.29 is 4.79 Å². The highest BCUT2D eigenvalue weighted by Crippen LogP contribution is 2.23. The minimum absolute atomic E-state index is 0.132. The Morgan fingerprint density at radius 3 is 2.62 bits per heavy atom. The molecule has 1 aliphatic carbocycles. The van der Waals surface area contributed by atoms with Crippen molar-refractivity contribution in [2.75, 3.05) is 24.3 Å². The van der Waals surface area contributed by atoms with Gasteiger partial charge in [-0.25, -0.2) is 0 Å². The van der Waals surface area contributed by atoms with E-state index in [1.807, 2.05) is 43.3 Å². The van der Waals surface area contributed by atoms with E-state index in [2.05, 4.69) is 15.5 Å². The van der Waals surface area contributed by atoms with Gasteiger partial charge in [0.25, 0.3) is 5.91 Å². The van der Waals surface area contributed by atoms with Gasteiger partial charge in [0, 0.05) is 36.7 Å². The molecule has 5 heteroatoms. The molecule has 110 valence electrons. The molecule has 0 unspecified atom stereocenters. The van der Waals surface area contributed by atoms with E-state index in [0.717, 1.165) is 41.9 Å². The number of nitrogens with zero attached hydrogens (tertiary/aromatic N) is 2. The second-order valence-electron chi connectivity index (χ2n) is 5.63. The smallest absolute Gasteiger partial charge is 0.276 e. The number of amides is 1. The molecular weight excluding hydrogens is 264 g/mol. The molecule has 0 saturated carbocycles. The number of benzene rings is 1. The molecule has 21 heavy (non-hydrogen) atoms. The topological polar surface area (TPSA) is 61.0 Å². The normalized spacial score (nSPS) is 13.6. The lowest BCUT2D eigenvalue weighted by Gasteiger charge is -2.13. The van der Waals surface area contributed by atoms with Crippen LogP contribution in [-0.4, -0.2) is 30.2 Å². The van der Waals surface area contributed by atoms with Crippen LogP contribution in [-0.2, 0) is 12.8 Å². The minimum Gasteiger partial charge on any atom is -0.378 e. The largest absolute Gasteiger partial charge is 0.378 e. The van der Waals surface area contributed by atoms with Gasteiger partial charge < -0.3 is 10.2 Å². The first-order valence-corrected chi connectivity index (χ1v) is 7.30. The molecule has 0 atom stereocenters. The number of fused-ring (bicyclic) bond motifs is 1. The van der Waals surface area contributed by atoms with Crippen molar-refractivity contribution >= 4 is 17.3 Å². The Bertz CT molecular complexity index is 643.